The van der Waals surface area contributed by atoms with E-state index in [-0.39, 0.29) is 0 Å². The van der Waals surface area contributed by atoms with Crippen LogP contribution in [0.25, 0.3) is 0 Å². The van der Waals surface area contributed by atoms with Crippen molar-refractivity contribution in [2.45, 2.75) is 12.1 Å². The van der Waals surface area contributed by atoms with E-state index in [9.17, 15) is 9.36 Å². The first kappa shape index (κ1) is 7.20. The molecule has 2 rings (SSSR count). The van der Waals surface area contributed by atoms with E-state index in [4.69, 9.17) is 10.2 Å². The van der Waals surface area contributed by atoms with Gasteiger partial charge in [0.05, 0.1) is 0 Å². The van der Waals surface area contributed by atoms with Crippen molar-refractivity contribution in [2.75, 3.05) is 0 Å². The summed E-state index contributed by atoms with van der Waals surface area (Å²) in [5.74, 6) is -3.89. The molecule has 2 aliphatic rings. The minimum Gasteiger partial charge on any atom is -0.366 e. The molecule has 2 saturated heterocycles. The molecular formula is C3H3O7P. The number of hydrogen-bond donors (Lipinski definition) is 2. The third kappa shape index (κ3) is 0.715. The second kappa shape index (κ2) is 1.65. The lowest BCUT2D eigenvalue weighted by atomic mass is 10.3. The molecule has 0 spiro atoms. The van der Waals surface area contributed by atoms with Gasteiger partial charge in [0.15, 0.2) is 0 Å². The Bertz CT molecular complexity index is 273. The Hall–Kier alpha value is -0.460. The van der Waals surface area contributed by atoms with Gasteiger partial charge in [-0.1, -0.05) is 0 Å². The second-order valence-electron chi connectivity index (χ2n) is 2.07. The number of carbonyl (C=O) groups is 1. The van der Waals surface area contributed by atoms with Gasteiger partial charge in [-0.2, -0.15) is 0 Å². The minimum absolute atomic E-state index is 1.29. The van der Waals surface area contributed by atoms with Crippen molar-refractivity contribution in [1.82, 2.24) is 0 Å². The molecular weight excluding hydrogens is 179 g/mol. The summed E-state index contributed by atoms with van der Waals surface area (Å²) in [6.45, 7) is 0. The van der Waals surface area contributed by atoms with Crippen molar-refractivity contribution < 1.29 is 33.1 Å². The van der Waals surface area contributed by atoms with E-state index in [1.165, 1.54) is 0 Å². The molecule has 0 radical (unpaired) electrons. The number of aliphatic hydroxyl groups excluding tert-OH is 1. The summed E-state index contributed by atoms with van der Waals surface area (Å²) in [4.78, 5) is 10.6. The Morgan fingerprint density at radius 3 is 2.55 bits per heavy atom. The van der Waals surface area contributed by atoms with Gasteiger partial charge in [0.25, 0.3) is 0 Å². The Labute approximate surface area is 60.1 Å². The second-order valence-corrected chi connectivity index (χ2v) is 3.54. The van der Waals surface area contributed by atoms with Crippen molar-refractivity contribution in [3.8, 4) is 0 Å². The highest BCUT2D eigenvalue weighted by atomic mass is 31.2. The SMILES string of the molecule is O=C1OP2(=O)OC(O)C1(O)O2. The smallest absolute Gasteiger partial charge is 0.366 e. The first-order valence-corrected chi connectivity index (χ1v) is 4.06. The lowest BCUT2D eigenvalue weighted by Gasteiger charge is -2.16. The van der Waals surface area contributed by atoms with Crippen LogP contribution in [-0.4, -0.2) is 28.3 Å². The normalized spacial score (nSPS) is 54.7. The molecule has 2 heterocycles. The molecule has 0 aromatic rings. The maximum Gasteiger partial charge on any atom is 0.538 e. The molecule has 0 saturated carbocycles. The molecule has 2 bridgehead atoms. The zero-order valence-electron chi connectivity index (χ0n) is 4.96. The lowest BCUT2D eigenvalue weighted by Crippen LogP contribution is -2.46. The van der Waals surface area contributed by atoms with Crippen LogP contribution in [0.15, 0.2) is 0 Å². The fourth-order valence-electron chi connectivity index (χ4n) is 0.776. The van der Waals surface area contributed by atoms with Crippen molar-refractivity contribution >= 4 is 13.8 Å². The zero-order chi connectivity index (χ0) is 8.28. The van der Waals surface area contributed by atoms with Crippen molar-refractivity contribution in [3.63, 3.8) is 0 Å². The number of carbonyl (C=O) groups excluding carboxylic acids is 1. The summed E-state index contributed by atoms with van der Waals surface area (Å²) in [7, 11) is -4.00. The summed E-state index contributed by atoms with van der Waals surface area (Å²) in [6.07, 6.45) is -1.94. The molecule has 0 aromatic heterocycles. The molecule has 2 N–H and O–H groups in total. The van der Waals surface area contributed by atoms with E-state index in [0.29, 0.717) is 0 Å². The van der Waals surface area contributed by atoms with Gasteiger partial charge in [-0.15, -0.1) is 0 Å². The number of phosphoric ester groups is 1. The lowest BCUT2D eigenvalue weighted by molar-refractivity contribution is -0.228. The number of phosphoric acid groups is 1. The molecule has 3 unspecified atom stereocenters. The first-order valence-electron chi connectivity index (χ1n) is 2.60. The van der Waals surface area contributed by atoms with Gasteiger partial charge in [-0.25, -0.2) is 18.4 Å². The van der Waals surface area contributed by atoms with E-state index in [1.54, 1.807) is 0 Å². The minimum atomic E-state index is -4.00. The van der Waals surface area contributed by atoms with Crippen LogP contribution in [-0.2, 0) is 22.9 Å². The summed E-state index contributed by atoms with van der Waals surface area (Å²) >= 11 is 0. The Morgan fingerprint density at radius 2 is 2.27 bits per heavy atom. The van der Waals surface area contributed by atoms with Crippen LogP contribution < -0.4 is 0 Å². The van der Waals surface area contributed by atoms with Gasteiger partial charge in [0.2, 0.25) is 6.29 Å². The van der Waals surface area contributed by atoms with Crippen LogP contribution in [0.1, 0.15) is 0 Å². The van der Waals surface area contributed by atoms with E-state index in [1.807, 2.05) is 0 Å². The molecule has 0 aromatic carbocycles. The molecule has 8 heteroatoms. The van der Waals surface area contributed by atoms with Crippen LogP contribution in [0.2, 0.25) is 0 Å². The molecule has 11 heavy (non-hydrogen) atoms. The van der Waals surface area contributed by atoms with E-state index in [2.05, 4.69) is 13.6 Å². The number of aliphatic hydroxyl groups is 2. The van der Waals surface area contributed by atoms with Crippen molar-refractivity contribution in [1.29, 1.82) is 0 Å². The van der Waals surface area contributed by atoms with Crippen LogP contribution in [0.3, 0.4) is 0 Å². The first-order chi connectivity index (χ1) is 4.96. The highest BCUT2D eigenvalue weighted by Crippen LogP contribution is 2.65. The van der Waals surface area contributed by atoms with Crippen molar-refractivity contribution in [2.24, 2.45) is 0 Å². The highest BCUT2D eigenvalue weighted by Gasteiger charge is 2.70. The van der Waals surface area contributed by atoms with Gasteiger partial charge in [-0.05, 0) is 0 Å². The Kier molecular flexibility index (Phi) is 1.08. The summed E-state index contributed by atoms with van der Waals surface area (Å²) in [5.41, 5.74) is 0. The van der Waals surface area contributed by atoms with Gasteiger partial charge < -0.3 is 14.7 Å². The average Bonchev–Trinajstić information content (AvgIpc) is 2.14. The standard InChI is InChI=1S/C3H3O7P/c4-1-3(6)2(5)9-11(7,8-1)10-3/h1,4,6H. The van der Waals surface area contributed by atoms with Crippen molar-refractivity contribution in [3.05, 3.63) is 0 Å². The number of rotatable bonds is 0. The molecule has 0 aliphatic carbocycles. The predicted molar refractivity (Wildman–Crippen MR) is 26.8 cm³/mol. The maximum atomic E-state index is 10.8. The summed E-state index contributed by atoms with van der Waals surface area (Å²) in [5, 5.41) is 17.7. The van der Waals surface area contributed by atoms with Crippen LogP contribution in [0.5, 0.6) is 0 Å². The molecule has 3 atom stereocenters. The van der Waals surface area contributed by atoms with Gasteiger partial charge >= 0.3 is 19.6 Å². The molecule has 62 valence electrons. The highest BCUT2D eigenvalue weighted by molar-refractivity contribution is 7.50. The largest absolute Gasteiger partial charge is 0.538 e. The van der Waals surface area contributed by atoms with Crippen LogP contribution in [0.4, 0.5) is 0 Å². The summed E-state index contributed by atoms with van der Waals surface area (Å²) < 4.78 is 23.1. The Balaban J connectivity index is 2.48. The third-order valence-electron chi connectivity index (χ3n) is 1.30. The number of fused-ring (bicyclic) bond motifs is 2. The molecule has 0 amide bonds. The zero-order valence-corrected chi connectivity index (χ0v) is 5.85. The molecule has 2 aliphatic heterocycles. The van der Waals surface area contributed by atoms with Crippen LogP contribution in [0, 0.1) is 0 Å². The number of hydrogen-bond acceptors (Lipinski definition) is 7. The third-order valence-corrected chi connectivity index (χ3v) is 2.65. The van der Waals surface area contributed by atoms with Gasteiger partial charge in [0, 0.05) is 0 Å². The van der Waals surface area contributed by atoms with E-state index in [0.717, 1.165) is 0 Å². The van der Waals surface area contributed by atoms with Gasteiger partial charge in [-0.3, -0.25) is 0 Å². The van der Waals surface area contributed by atoms with E-state index < -0.39 is 25.9 Å². The predicted octanol–water partition coefficient (Wildman–Crippen LogP) is -1.29. The fourth-order valence-corrected chi connectivity index (χ4v) is 2.13. The Morgan fingerprint density at radius 1 is 1.64 bits per heavy atom. The van der Waals surface area contributed by atoms with Crippen LogP contribution >= 0.6 is 7.82 Å². The molecule has 7 nitrogen and oxygen atoms in total. The van der Waals surface area contributed by atoms with Gasteiger partial charge in [0.1, 0.15) is 0 Å². The topological polar surface area (TPSA) is 102 Å². The average molecular weight is 182 g/mol. The monoisotopic (exact) mass is 182 g/mol. The summed E-state index contributed by atoms with van der Waals surface area (Å²) in [6, 6.07) is 0. The molecule has 2 fully saturated rings. The fraction of sp³-hybridized carbons (Fsp3) is 0.667. The quantitative estimate of drug-likeness (QED) is 0.449. The maximum absolute atomic E-state index is 10.8. The van der Waals surface area contributed by atoms with E-state index >= 15 is 0 Å².